The first-order valence-electron chi connectivity index (χ1n) is 8.89. The number of rotatable bonds is 4. The molecule has 0 bridgehead atoms. The molecule has 1 N–H and O–H groups in total. The van der Waals surface area contributed by atoms with Gasteiger partial charge in [-0.1, -0.05) is 24.1 Å². The third kappa shape index (κ3) is 5.70. The van der Waals surface area contributed by atoms with E-state index in [-0.39, 0.29) is 28.5 Å². The van der Waals surface area contributed by atoms with Crippen molar-refractivity contribution in [3.63, 3.8) is 0 Å². The fourth-order valence-electron chi connectivity index (χ4n) is 2.95. The summed E-state index contributed by atoms with van der Waals surface area (Å²) in [5, 5.41) is 2.62. The molecule has 1 aliphatic heterocycles. The Bertz CT molecular complexity index is 973. The molecule has 1 atom stereocenters. The van der Waals surface area contributed by atoms with E-state index in [9.17, 15) is 26.7 Å². The van der Waals surface area contributed by atoms with Crippen LogP contribution < -0.4 is 10.1 Å². The Labute approximate surface area is 169 Å². The van der Waals surface area contributed by atoms with Crippen LogP contribution >= 0.6 is 0 Å². The van der Waals surface area contributed by atoms with Gasteiger partial charge in [-0.3, -0.25) is 4.79 Å². The van der Waals surface area contributed by atoms with Gasteiger partial charge in [-0.15, -0.1) is 0 Å². The third-order valence-corrected chi connectivity index (χ3v) is 4.28. The highest BCUT2D eigenvalue weighted by molar-refractivity contribution is 5.94. The van der Waals surface area contributed by atoms with Crippen LogP contribution in [-0.2, 0) is 15.7 Å². The Balaban J connectivity index is 1.88. The number of carbonyl (C=O) groups is 1. The zero-order chi connectivity index (χ0) is 21.7. The fourth-order valence-corrected chi connectivity index (χ4v) is 2.95. The third-order valence-electron chi connectivity index (χ3n) is 4.28. The predicted octanol–water partition coefficient (Wildman–Crippen LogP) is 4.23. The van der Waals surface area contributed by atoms with E-state index < -0.39 is 24.3 Å². The molecule has 0 aliphatic carbocycles. The zero-order valence-electron chi connectivity index (χ0n) is 15.4. The number of nitrogens with one attached hydrogen (secondary N) is 1. The summed E-state index contributed by atoms with van der Waals surface area (Å²) >= 11 is 0. The number of carbonyl (C=O) groups excluding carboxylic acids is 1. The van der Waals surface area contributed by atoms with E-state index in [0.29, 0.717) is 19.6 Å². The molecule has 158 valence electrons. The van der Waals surface area contributed by atoms with Gasteiger partial charge in [0.1, 0.15) is 5.75 Å². The zero-order valence-corrected chi connectivity index (χ0v) is 15.4. The fraction of sp³-hybridized carbons (Fsp3) is 0.286. The van der Waals surface area contributed by atoms with Crippen molar-refractivity contribution in [3.05, 3.63) is 53.6 Å². The molecule has 1 saturated heterocycles. The van der Waals surface area contributed by atoms with Crippen molar-refractivity contribution in [1.29, 1.82) is 0 Å². The van der Waals surface area contributed by atoms with Crippen LogP contribution in [0.3, 0.4) is 0 Å². The van der Waals surface area contributed by atoms with E-state index in [2.05, 4.69) is 21.9 Å². The molecule has 30 heavy (non-hydrogen) atoms. The second-order valence-electron chi connectivity index (χ2n) is 6.45. The van der Waals surface area contributed by atoms with E-state index in [4.69, 9.17) is 4.74 Å². The Morgan fingerprint density at radius 1 is 1.20 bits per heavy atom. The number of benzene rings is 2. The van der Waals surface area contributed by atoms with E-state index in [1.165, 1.54) is 30.3 Å². The van der Waals surface area contributed by atoms with Gasteiger partial charge in [-0.2, -0.15) is 22.0 Å². The molecule has 0 radical (unpaired) electrons. The summed E-state index contributed by atoms with van der Waals surface area (Å²) < 4.78 is 75.0. The maximum atomic E-state index is 13.6. The molecule has 0 saturated carbocycles. The van der Waals surface area contributed by atoms with Gasteiger partial charge >= 0.3 is 12.8 Å². The van der Waals surface area contributed by atoms with E-state index >= 15 is 0 Å². The molecule has 0 unspecified atom stereocenters. The summed E-state index contributed by atoms with van der Waals surface area (Å²) in [6.45, 7) is -2.20. The highest BCUT2D eigenvalue weighted by Crippen LogP contribution is 2.38. The normalized spacial score (nSPS) is 16.1. The molecule has 1 fully saturated rings. The number of ether oxygens (including phenoxy) is 2. The first-order chi connectivity index (χ1) is 14.2. The maximum Gasteiger partial charge on any atom is 0.417 e. The van der Waals surface area contributed by atoms with E-state index in [1.807, 2.05) is 0 Å². The minimum atomic E-state index is -4.73. The molecule has 1 aliphatic rings. The van der Waals surface area contributed by atoms with Crippen molar-refractivity contribution in [2.45, 2.75) is 25.3 Å². The highest BCUT2D eigenvalue weighted by Gasteiger charge is 2.34. The van der Waals surface area contributed by atoms with Crippen molar-refractivity contribution in [3.8, 4) is 28.7 Å². The van der Waals surface area contributed by atoms with Crippen LogP contribution in [0.15, 0.2) is 42.5 Å². The van der Waals surface area contributed by atoms with Crippen LogP contribution in [0.1, 0.15) is 17.5 Å². The summed E-state index contributed by atoms with van der Waals surface area (Å²) in [7, 11) is 0. The lowest BCUT2D eigenvalue weighted by Crippen LogP contribution is -2.34. The Morgan fingerprint density at radius 3 is 2.67 bits per heavy atom. The molecular weight excluding hydrogens is 409 g/mol. The predicted molar refractivity (Wildman–Crippen MR) is 97.8 cm³/mol. The van der Waals surface area contributed by atoms with Crippen molar-refractivity contribution < 1.29 is 36.2 Å². The summed E-state index contributed by atoms with van der Waals surface area (Å²) in [4.78, 5) is 11.8. The summed E-state index contributed by atoms with van der Waals surface area (Å²) in [5.41, 5.74) is -1.18. The van der Waals surface area contributed by atoms with Crippen molar-refractivity contribution in [1.82, 2.24) is 5.32 Å². The van der Waals surface area contributed by atoms with Gasteiger partial charge in [0.15, 0.2) is 0 Å². The number of halogens is 5. The second kappa shape index (κ2) is 9.13. The van der Waals surface area contributed by atoms with Crippen LogP contribution in [-0.4, -0.2) is 31.8 Å². The Hall–Kier alpha value is -3.12. The van der Waals surface area contributed by atoms with Crippen LogP contribution in [0.25, 0.3) is 11.1 Å². The quantitative estimate of drug-likeness (QED) is 0.589. The smallest absolute Gasteiger partial charge is 0.417 e. The van der Waals surface area contributed by atoms with E-state index in [0.717, 1.165) is 12.1 Å². The molecular formula is C21H16F5NO3. The van der Waals surface area contributed by atoms with Gasteiger partial charge in [0.25, 0.3) is 5.91 Å². The number of hydrogen-bond donors (Lipinski definition) is 1. The Morgan fingerprint density at radius 2 is 2.00 bits per heavy atom. The van der Waals surface area contributed by atoms with Gasteiger partial charge < -0.3 is 14.8 Å². The Kier molecular flexibility index (Phi) is 6.57. The molecule has 0 spiro atoms. The molecule has 2 aromatic carbocycles. The first-order valence-corrected chi connectivity index (χ1v) is 8.89. The summed E-state index contributed by atoms with van der Waals surface area (Å²) in [6.07, 6.45) is -4.08. The molecule has 9 heteroatoms. The number of amides is 1. The number of alkyl halides is 5. The van der Waals surface area contributed by atoms with E-state index in [1.54, 1.807) is 0 Å². The largest absolute Gasteiger partial charge is 0.435 e. The number of hydrogen-bond acceptors (Lipinski definition) is 3. The average Bonchev–Trinajstić information content (AvgIpc) is 3.18. The van der Waals surface area contributed by atoms with Crippen molar-refractivity contribution in [2.75, 3.05) is 13.2 Å². The standard InChI is InChI=1S/C21H16F5NO3/c22-20(23)30-16-3-1-2-14(11-16)17-6-4-13(10-18(17)21(24,25)26)5-7-19(28)27-15-8-9-29-12-15/h1-4,6,10-11,15,20H,8-9,12H2,(H,27,28)/t15-/m1/s1. The van der Waals surface area contributed by atoms with Crippen molar-refractivity contribution >= 4 is 5.91 Å². The lowest BCUT2D eigenvalue weighted by atomic mass is 9.97. The monoisotopic (exact) mass is 425 g/mol. The van der Waals surface area contributed by atoms with Crippen LogP contribution in [0.2, 0.25) is 0 Å². The van der Waals surface area contributed by atoms with Gasteiger partial charge in [0, 0.05) is 18.1 Å². The van der Waals surface area contributed by atoms with Crippen LogP contribution in [0.4, 0.5) is 22.0 Å². The van der Waals surface area contributed by atoms with Gasteiger partial charge in [0.05, 0.1) is 18.2 Å². The minimum absolute atomic E-state index is 0.0103. The summed E-state index contributed by atoms with van der Waals surface area (Å²) in [5.74, 6) is 3.82. The molecule has 3 rings (SSSR count). The summed E-state index contributed by atoms with van der Waals surface area (Å²) in [6, 6.07) is 8.14. The lowest BCUT2D eigenvalue weighted by molar-refractivity contribution is -0.137. The van der Waals surface area contributed by atoms with Gasteiger partial charge in [-0.05, 0) is 41.8 Å². The topological polar surface area (TPSA) is 47.6 Å². The molecule has 4 nitrogen and oxygen atoms in total. The SMILES string of the molecule is O=C(C#Cc1ccc(-c2cccc(OC(F)F)c2)c(C(F)(F)F)c1)N[C@@H]1CCOC1. The molecule has 0 aromatic heterocycles. The first kappa shape index (κ1) is 21.6. The minimum Gasteiger partial charge on any atom is -0.435 e. The highest BCUT2D eigenvalue weighted by atomic mass is 19.4. The molecule has 1 heterocycles. The molecule has 2 aromatic rings. The lowest BCUT2D eigenvalue weighted by Gasteiger charge is -2.14. The van der Waals surface area contributed by atoms with Crippen LogP contribution in [0, 0.1) is 11.8 Å². The maximum absolute atomic E-state index is 13.6. The molecule has 1 amide bonds. The van der Waals surface area contributed by atoms with Gasteiger partial charge in [-0.25, -0.2) is 0 Å². The van der Waals surface area contributed by atoms with Crippen molar-refractivity contribution in [2.24, 2.45) is 0 Å². The van der Waals surface area contributed by atoms with Crippen LogP contribution in [0.5, 0.6) is 5.75 Å². The average molecular weight is 425 g/mol. The second-order valence-corrected chi connectivity index (χ2v) is 6.45. The van der Waals surface area contributed by atoms with Gasteiger partial charge in [0.2, 0.25) is 0 Å².